The van der Waals surface area contributed by atoms with Crippen molar-refractivity contribution in [2.75, 3.05) is 0 Å². The van der Waals surface area contributed by atoms with Gasteiger partial charge in [0.1, 0.15) is 0 Å². The molecule has 0 aliphatic carbocycles. The maximum atomic E-state index is 11.8. The first-order chi connectivity index (χ1) is 9.13. The summed E-state index contributed by atoms with van der Waals surface area (Å²) in [6, 6.07) is 0. The van der Waals surface area contributed by atoms with Crippen LogP contribution in [-0.4, -0.2) is 22.2 Å². The van der Waals surface area contributed by atoms with Crippen molar-refractivity contribution in [1.29, 1.82) is 0 Å². The van der Waals surface area contributed by atoms with Crippen molar-refractivity contribution < 1.29 is 19.8 Å². The molecule has 118 valence electrons. The van der Waals surface area contributed by atoms with Crippen molar-refractivity contribution in [3.05, 3.63) is 0 Å². The second-order valence-electron chi connectivity index (χ2n) is 6.35. The number of hydrogen-bond acceptors (Lipinski definition) is 2. The van der Waals surface area contributed by atoms with Gasteiger partial charge in [-0.15, -0.1) is 0 Å². The van der Waals surface area contributed by atoms with E-state index in [1.54, 1.807) is 0 Å². The quantitative estimate of drug-likeness (QED) is 0.670. The monoisotopic (exact) mass is 286 g/mol. The minimum Gasteiger partial charge on any atom is -0.481 e. The lowest BCUT2D eigenvalue weighted by atomic mass is 9.58. The Morgan fingerprint density at radius 3 is 1.05 bits per heavy atom. The van der Waals surface area contributed by atoms with Gasteiger partial charge in [0.2, 0.25) is 0 Å². The molecular weight excluding hydrogens is 256 g/mol. The Labute approximate surface area is 122 Å². The van der Waals surface area contributed by atoms with Crippen molar-refractivity contribution in [2.45, 2.75) is 67.2 Å². The highest BCUT2D eigenvalue weighted by Crippen LogP contribution is 2.48. The van der Waals surface area contributed by atoms with Crippen LogP contribution < -0.4 is 0 Å². The van der Waals surface area contributed by atoms with Gasteiger partial charge in [-0.05, 0) is 36.5 Å². The van der Waals surface area contributed by atoms with E-state index in [1.807, 2.05) is 41.5 Å². The van der Waals surface area contributed by atoms with Crippen molar-refractivity contribution in [3.63, 3.8) is 0 Å². The highest BCUT2D eigenvalue weighted by molar-refractivity contribution is 5.81. The largest absolute Gasteiger partial charge is 0.481 e. The first-order valence-electron chi connectivity index (χ1n) is 7.59. The highest BCUT2D eigenvalue weighted by atomic mass is 16.4. The molecule has 4 nitrogen and oxygen atoms in total. The Kier molecular flexibility index (Phi) is 6.72. The Hall–Kier alpha value is -1.06. The molecule has 0 aromatic heterocycles. The standard InChI is InChI=1S/C16H30O4/c1-7-15(5,8-2)11(13(17)18)12(14(19)20)16(6,9-3)10-4/h11-12H,7-10H2,1-6H3,(H,17,18)(H,19,20). The first kappa shape index (κ1) is 18.9. The molecule has 0 aliphatic rings. The Balaban J connectivity index is 5.96. The Morgan fingerprint density at radius 2 is 0.950 bits per heavy atom. The van der Waals surface area contributed by atoms with Gasteiger partial charge in [0, 0.05) is 0 Å². The van der Waals surface area contributed by atoms with Crippen molar-refractivity contribution >= 4 is 11.9 Å². The van der Waals surface area contributed by atoms with Crippen LogP contribution in [0.2, 0.25) is 0 Å². The molecule has 0 saturated heterocycles. The summed E-state index contributed by atoms with van der Waals surface area (Å²) in [4.78, 5) is 23.7. The van der Waals surface area contributed by atoms with Gasteiger partial charge in [-0.1, -0.05) is 41.5 Å². The molecule has 2 N–H and O–H groups in total. The Morgan fingerprint density at radius 1 is 0.750 bits per heavy atom. The third kappa shape index (κ3) is 3.53. The molecule has 0 spiro atoms. The molecule has 0 heterocycles. The highest BCUT2D eigenvalue weighted by Gasteiger charge is 2.51. The van der Waals surface area contributed by atoms with E-state index in [1.165, 1.54) is 0 Å². The van der Waals surface area contributed by atoms with E-state index in [-0.39, 0.29) is 0 Å². The fourth-order valence-corrected chi connectivity index (χ4v) is 3.07. The molecule has 0 aromatic rings. The number of rotatable bonds is 9. The van der Waals surface area contributed by atoms with E-state index in [0.717, 1.165) is 0 Å². The summed E-state index contributed by atoms with van der Waals surface area (Å²) in [5.41, 5.74) is -0.999. The van der Waals surface area contributed by atoms with Crippen LogP contribution in [0.4, 0.5) is 0 Å². The van der Waals surface area contributed by atoms with Gasteiger partial charge in [0.15, 0.2) is 0 Å². The van der Waals surface area contributed by atoms with Crippen molar-refractivity contribution in [1.82, 2.24) is 0 Å². The second-order valence-corrected chi connectivity index (χ2v) is 6.35. The average molecular weight is 286 g/mol. The third-order valence-electron chi connectivity index (χ3n) is 5.60. The van der Waals surface area contributed by atoms with Gasteiger partial charge < -0.3 is 10.2 Å². The summed E-state index contributed by atoms with van der Waals surface area (Å²) < 4.78 is 0. The number of carboxylic acids is 2. The smallest absolute Gasteiger partial charge is 0.307 e. The molecule has 2 unspecified atom stereocenters. The summed E-state index contributed by atoms with van der Waals surface area (Å²) >= 11 is 0. The number of hydrogen-bond donors (Lipinski definition) is 2. The lowest BCUT2D eigenvalue weighted by Gasteiger charge is -2.44. The van der Waals surface area contributed by atoms with E-state index in [2.05, 4.69) is 0 Å². The first-order valence-corrected chi connectivity index (χ1v) is 7.59. The molecule has 0 radical (unpaired) electrons. The normalized spacial score (nSPS) is 15.7. The van der Waals surface area contributed by atoms with Gasteiger partial charge in [-0.2, -0.15) is 0 Å². The minimum atomic E-state index is -0.989. The molecule has 4 heteroatoms. The van der Waals surface area contributed by atoms with Crippen molar-refractivity contribution in [2.24, 2.45) is 22.7 Å². The summed E-state index contributed by atoms with van der Waals surface area (Å²) in [6.07, 6.45) is 2.64. The molecule has 0 fully saturated rings. The second kappa shape index (κ2) is 7.09. The summed E-state index contributed by atoms with van der Waals surface area (Å²) in [5.74, 6) is -3.70. The minimum absolute atomic E-state index is 0.500. The van der Waals surface area contributed by atoms with Gasteiger partial charge in [-0.25, -0.2) is 0 Å². The van der Waals surface area contributed by atoms with Crippen LogP contribution in [-0.2, 0) is 9.59 Å². The zero-order valence-electron chi connectivity index (χ0n) is 13.7. The third-order valence-corrected chi connectivity index (χ3v) is 5.60. The predicted molar refractivity (Wildman–Crippen MR) is 79.6 cm³/mol. The molecule has 0 aliphatic heterocycles. The molecule has 20 heavy (non-hydrogen) atoms. The van der Waals surface area contributed by atoms with Crippen LogP contribution in [0.1, 0.15) is 67.2 Å². The zero-order chi connectivity index (χ0) is 16.1. The van der Waals surface area contributed by atoms with Gasteiger partial charge >= 0.3 is 11.9 Å². The SMILES string of the molecule is CCC(C)(CC)C(C(=O)O)C(C(=O)O)C(C)(CC)CC. The summed E-state index contributed by atoms with van der Waals surface area (Å²) in [7, 11) is 0. The lowest BCUT2D eigenvalue weighted by Crippen LogP contribution is -2.48. The topological polar surface area (TPSA) is 74.6 Å². The number of aliphatic carboxylic acids is 2. The van der Waals surface area contributed by atoms with Crippen LogP contribution in [0.25, 0.3) is 0 Å². The van der Waals surface area contributed by atoms with E-state index >= 15 is 0 Å². The summed E-state index contributed by atoms with van der Waals surface area (Å²) in [6.45, 7) is 11.5. The predicted octanol–water partition coefficient (Wildman–Crippen LogP) is 4.04. The Bertz CT molecular complexity index is 306. The molecule has 0 amide bonds. The van der Waals surface area contributed by atoms with E-state index in [0.29, 0.717) is 25.7 Å². The van der Waals surface area contributed by atoms with E-state index < -0.39 is 34.6 Å². The van der Waals surface area contributed by atoms with Crippen LogP contribution in [0.5, 0.6) is 0 Å². The zero-order valence-corrected chi connectivity index (χ0v) is 13.7. The molecule has 0 saturated carbocycles. The van der Waals surface area contributed by atoms with Gasteiger partial charge in [-0.3, -0.25) is 9.59 Å². The molecule has 0 rings (SSSR count). The molecule has 0 bridgehead atoms. The van der Waals surface area contributed by atoms with Crippen LogP contribution in [0.3, 0.4) is 0 Å². The van der Waals surface area contributed by atoms with Crippen LogP contribution >= 0.6 is 0 Å². The maximum absolute atomic E-state index is 11.8. The van der Waals surface area contributed by atoms with Crippen LogP contribution in [0, 0.1) is 22.7 Å². The fraction of sp³-hybridized carbons (Fsp3) is 0.875. The molecule has 2 atom stereocenters. The number of carbonyl (C=O) groups is 2. The fourth-order valence-electron chi connectivity index (χ4n) is 3.07. The molecule has 0 aromatic carbocycles. The molecular formula is C16H30O4. The van der Waals surface area contributed by atoms with Crippen molar-refractivity contribution in [3.8, 4) is 0 Å². The summed E-state index contributed by atoms with van der Waals surface area (Å²) in [5, 5.41) is 19.4. The van der Waals surface area contributed by atoms with E-state index in [4.69, 9.17) is 0 Å². The van der Waals surface area contributed by atoms with Gasteiger partial charge in [0.25, 0.3) is 0 Å². The van der Waals surface area contributed by atoms with Gasteiger partial charge in [0.05, 0.1) is 11.8 Å². The lowest BCUT2D eigenvalue weighted by molar-refractivity contribution is -0.167. The van der Waals surface area contributed by atoms with E-state index in [9.17, 15) is 19.8 Å². The van der Waals surface area contributed by atoms with Crippen LogP contribution in [0.15, 0.2) is 0 Å². The maximum Gasteiger partial charge on any atom is 0.307 e. The average Bonchev–Trinajstić information content (AvgIpc) is 2.42. The number of carboxylic acid groups (broad SMARTS) is 2.